The smallest absolute Gasteiger partial charge is 0.277 e. The summed E-state index contributed by atoms with van der Waals surface area (Å²) >= 11 is 0. The number of rotatable bonds is 4. The highest BCUT2D eigenvalue weighted by Crippen LogP contribution is 2.30. The van der Waals surface area contributed by atoms with Crippen molar-refractivity contribution in [3.05, 3.63) is 65.5 Å². The molecule has 3 heterocycles. The van der Waals surface area contributed by atoms with Gasteiger partial charge in [-0.3, -0.25) is 9.59 Å². The van der Waals surface area contributed by atoms with E-state index >= 15 is 0 Å². The molecule has 0 atom stereocenters. The summed E-state index contributed by atoms with van der Waals surface area (Å²) in [5.74, 6) is 0.859. The highest BCUT2D eigenvalue weighted by Gasteiger charge is 2.32. The first kappa shape index (κ1) is 20.3. The van der Waals surface area contributed by atoms with Crippen LogP contribution in [0, 0.1) is 6.92 Å². The predicted molar refractivity (Wildman–Crippen MR) is 123 cm³/mol. The number of aryl methyl sites for hydroxylation is 1. The van der Waals surface area contributed by atoms with Crippen molar-refractivity contribution in [3.63, 3.8) is 0 Å². The van der Waals surface area contributed by atoms with Crippen LogP contribution in [0.1, 0.15) is 41.0 Å². The molecule has 0 aliphatic carbocycles. The molecular formula is C25H26N4O3. The van der Waals surface area contributed by atoms with Gasteiger partial charge in [-0.05, 0) is 74.7 Å². The van der Waals surface area contributed by atoms with Gasteiger partial charge in [-0.1, -0.05) is 0 Å². The number of carbonyl (C=O) groups excluding carboxylic acids is 2. The molecule has 2 amide bonds. The Morgan fingerprint density at radius 1 is 0.812 bits per heavy atom. The zero-order valence-corrected chi connectivity index (χ0v) is 18.4. The molecule has 7 heteroatoms. The van der Waals surface area contributed by atoms with Crippen molar-refractivity contribution in [3.8, 4) is 11.4 Å². The highest BCUT2D eigenvalue weighted by atomic mass is 16.5. The van der Waals surface area contributed by atoms with E-state index < -0.39 is 0 Å². The summed E-state index contributed by atoms with van der Waals surface area (Å²) in [5, 5.41) is 4.66. The largest absolute Gasteiger partial charge is 0.497 e. The number of methoxy groups -OCH3 is 1. The SMILES string of the molecule is COc1ccc(-n2nc(C)c3c2C(=O)N(c2ccc(N4CCCCC4=O)cc2)CC3)cc1. The minimum Gasteiger partial charge on any atom is -0.497 e. The van der Waals surface area contributed by atoms with E-state index in [0.717, 1.165) is 59.9 Å². The average molecular weight is 431 g/mol. The molecule has 7 nitrogen and oxygen atoms in total. The van der Waals surface area contributed by atoms with Crippen molar-refractivity contribution in [1.82, 2.24) is 9.78 Å². The van der Waals surface area contributed by atoms with Crippen LogP contribution in [0.3, 0.4) is 0 Å². The summed E-state index contributed by atoms with van der Waals surface area (Å²) in [6.07, 6.45) is 3.33. The van der Waals surface area contributed by atoms with E-state index in [4.69, 9.17) is 4.74 Å². The Balaban J connectivity index is 1.45. The number of hydrogen-bond acceptors (Lipinski definition) is 4. The number of hydrogen-bond donors (Lipinski definition) is 0. The van der Waals surface area contributed by atoms with Crippen molar-refractivity contribution in [2.75, 3.05) is 30.0 Å². The standard InChI is InChI=1S/C25H26N4O3/c1-17-22-14-16-28(19-8-6-18(7-9-19)27-15-4-3-5-23(27)30)25(31)24(22)29(26-17)20-10-12-21(32-2)13-11-20/h6-13H,3-5,14-16H2,1-2H3. The van der Waals surface area contributed by atoms with Crippen LogP contribution in [0.2, 0.25) is 0 Å². The van der Waals surface area contributed by atoms with Crippen LogP contribution >= 0.6 is 0 Å². The fraction of sp³-hybridized carbons (Fsp3) is 0.320. The molecule has 32 heavy (non-hydrogen) atoms. The second kappa shape index (κ2) is 8.15. The molecule has 3 aromatic rings. The molecule has 0 spiro atoms. The lowest BCUT2D eigenvalue weighted by molar-refractivity contribution is -0.119. The van der Waals surface area contributed by atoms with E-state index in [2.05, 4.69) is 5.10 Å². The maximum atomic E-state index is 13.6. The Bertz CT molecular complexity index is 1170. The first-order valence-corrected chi connectivity index (χ1v) is 11.0. The number of anilines is 2. The molecule has 2 aliphatic heterocycles. The van der Waals surface area contributed by atoms with Crippen LogP contribution < -0.4 is 14.5 Å². The molecule has 0 N–H and O–H groups in total. The maximum Gasteiger partial charge on any atom is 0.277 e. The van der Waals surface area contributed by atoms with E-state index in [-0.39, 0.29) is 11.8 Å². The van der Waals surface area contributed by atoms with Crippen molar-refractivity contribution >= 4 is 23.2 Å². The first-order valence-electron chi connectivity index (χ1n) is 11.0. The number of aromatic nitrogens is 2. The van der Waals surface area contributed by atoms with Gasteiger partial charge in [-0.15, -0.1) is 0 Å². The summed E-state index contributed by atoms with van der Waals surface area (Å²) in [6, 6.07) is 15.3. The summed E-state index contributed by atoms with van der Waals surface area (Å²) in [5.41, 5.74) is 5.02. The van der Waals surface area contributed by atoms with E-state index in [0.29, 0.717) is 18.7 Å². The van der Waals surface area contributed by atoms with E-state index in [1.54, 1.807) is 16.7 Å². The van der Waals surface area contributed by atoms with Gasteiger partial charge in [0.1, 0.15) is 11.4 Å². The number of fused-ring (bicyclic) bond motifs is 1. The van der Waals surface area contributed by atoms with Crippen LogP contribution in [0.15, 0.2) is 48.5 Å². The Morgan fingerprint density at radius 2 is 1.47 bits per heavy atom. The van der Waals surface area contributed by atoms with Crippen LogP contribution in [0.25, 0.3) is 5.69 Å². The molecule has 5 rings (SSSR count). The quantitative estimate of drug-likeness (QED) is 0.629. The Labute approximate surface area is 187 Å². The lowest BCUT2D eigenvalue weighted by Crippen LogP contribution is -2.39. The third-order valence-corrected chi connectivity index (χ3v) is 6.33. The summed E-state index contributed by atoms with van der Waals surface area (Å²) in [7, 11) is 1.63. The fourth-order valence-corrected chi connectivity index (χ4v) is 4.58. The monoisotopic (exact) mass is 430 g/mol. The molecule has 1 aromatic heterocycles. The minimum atomic E-state index is -0.0653. The second-order valence-electron chi connectivity index (χ2n) is 8.25. The lowest BCUT2D eigenvalue weighted by atomic mass is 10.0. The van der Waals surface area contributed by atoms with Gasteiger partial charge in [0.15, 0.2) is 0 Å². The second-order valence-corrected chi connectivity index (χ2v) is 8.25. The number of nitrogens with zero attached hydrogens (tertiary/aromatic N) is 4. The van der Waals surface area contributed by atoms with Crippen molar-refractivity contribution in [1.29, 1.82) is 0 Å². The van der Waals surface area contributed by atoms with Gasteiger partial charge in [-0.2, -0.15) is 5.10 Å². The minimum absolute atomic E-state index is 0.0653. The molecule has 0 radical (unpaired) electrons. The van der Waals surface area contributed by atoms with Gasteiger partial charge in [0.05, 0.1) is 18.5 Å². The molecule has 0 unspecified atom stereocenters. The third kappa shape index (κ3) is 3.43. The Morgan fingerprint density at radius 3 is 2.12 bits per heavy atom. The lowest BCUT2D eigenvalue weighted by Gasteiger charge is -2.29. The average Bonchev–Trinajstić information content (AvgIpc) is 3.17. The zero-order chi connectivity index (χ0) is 22.2. The number of amides is 2. The van der Waals surface area contributed by atoms with Crippen LogP contribution in [-0.4, -0.2) is 41.8 Å². The summed E-state index contributed by atoms with van der Waals surface area (Å²) in [6.45, 7) is 3.31. The van der Waals surface area contributed by atoms with Crippen LogP contribution in [0.4, 0.5) is 11.4 Å². The number of piperidine rings is 1. The number of benzene rings is 2. The van der Waals surface area contributed by atoms with E-state index in [1.165, 1.54) is 0 Å². The molecule has 0 bridgehead atoms. The molecule has 0 saturated carbocycles. The molecular weight excluding hydrogens is 404 g/mol. The van der Waals surface area contributed by atoms with E-state index in [1.807, 2.05) is 60.4 Å². The van der Waals surface area contributed by atoms with Gasteiger partial charge in [0.25, 0.3) is 5.91 Å². The normalized spacial score (nSPS) is 16.3. The van der Waals surface area contributed by atoms with Crippen molar-refractivity contribution < 1.29 is 14.3 Å². The van der Waals surface area contributed by atoms with Crippen molar-refractivity contribution in [2.45, 2.75) is 32.6 Å². The van der Waals surface area contributed by atoms with Gasteiger partial charge in [-0.25, -0.2) is 4.68 Å². The molecule has 2 aromatic carbocycles. The topological polar surface area (TPSA) is 67.7 Å². The molecule has 1 saturated heterocycles. The maximum absolute atomic E-state index is 13.6. The summed E-state index contributed by atoms with van der Waals surface area (Å²) < 4.78 is 6.99. The van der Waals surface area contributed by atoms with Crippen LogP contribution in [0.5, 0.6) is 5.75 Å². The number of ether oxygens (including phenoxy) is 1. The summed E-state index contributed by atoms with van der Waals surface area (Å²) in [4.78, 5) is 29.4. The third-order valence-electron chi connectivity index (χ3n) is 6.33. The first-order chi connectivity index (χ1) is 15.6. The zero-order valence-electron chi connectivity index (χ0n) is 18.4. The molecule has 1 fully saturated rings. The fourth-order valence-electron chi connectivity index (χ4n) is 4.58. The highest BCUT2D eigenvalue weighted by molar-refractivity contribution is 6.07. The number of carbonyl (C=O) groups is 2. The van der Waals surface area contributed by atoms with E-state index in [9.17, 15) is 9.59 Å². The molecule has 2 aliphatic rings. The van der Waals surface area contributed by atoms with Crippen LogP contribution in [-0.2, 0) is 11.2 Å². The predicted octanol–water partition coefficient (Wildman–Crippen LogP) is 3.91. The van der Waals surface area contributed by atoms with Gasteiger partial charge in [0.2, 0.25) is 5.91 Å². The van der Waals surface area contributed by atoms with Gasteiger partial charge < -0.3 is 14.5 Å². The van der Waals surface area contributed by atoms with Crippen molar-refractivity contribution in [2.24, 2.45) is 0 Å². The molecule has 164 valence electrons. The van der Waals surface area contributed by atoms with Gasteiger partial charge >= 0.3 is 0 Å². The van der Waals surface area contributed by atoms with Gasteiger partial charge in [0, 0.05) is 36.4 Å². The Hall–Kier alpha value is -3.61. The Kier molecular flexibility index (Phi) is 5.17.